The van der Waals surface area contributed by atoms with Gasteiger partial charge in [0.25, 0.3) is 0 Å². The van der Waals surface area contributed by atoms with Crippen molar-refractivity contribution in [2.75, 3.05) is 5.32 Å². The van der Waals surface area contributed by atoms with Crippen molar-refractivity contribution < 1.29 is 44.7 Å². The van der Waals surface area contributed by atoms with Crippen molar-refractivity contribution in [3.8, 4) is 5.75 Å². The lowest BCUT2D eigenvalue weighted by molar-refractivity contribution is -0.253. The highest BCUT2D eigenvalue weighted by molar-refractivity contribution is 14.1. The number of hydrogen-bond acceptors (Lipinski definition) is 3. The fraction of sp³-hybridized carbons (Fsp3) is 0.143. The van der Waals surface area contributed by atoms with Gasteiger partial charge >= 0.3 is 18.6 Å². The highest BCUT2D eigenvalue weighted by Gasteiger charge is 2.45. The van der Waals surface area contributed by atoms with Gasteiger partial charge in [0.1, 0.15) is 22.9 Å². The zero-order valence-corrected chi connectivity index (χ0v) is 23.1. The number of carbonyl (C=O) groups is 1. The van der Waals surface area contributed by atoms with E-state index in [1.54, 1.807) is 0 Å². The van der Waals surface area contributed by atoms with Crippen molar-refractivity contribution in [3.05, 3.63) is 123 Å². The molecule has 0 aliphatic carbocycles. The summed E-state index contributed by atoms with van der Waals surface area (Å²) in [6, 6.07) is 11.4. The van der Waals surface area contributed by atoms with Gasteiger partial charge in [-0.1, -0.05) is 12.1 Å². The zero-order chi connectivity index (χ0) is 30.7. The summed E-state index contributed by atoms with van der Waals surface area (Å²) < 4.78 is 115. The van der Waals surface area contributed by atoms with Crippen LogP contribution >= 0.6 is 22.6 Å². The van der Waals surface area contributed by atoms with Crippen molar-refractivity contribution >= 4 is 34.3 Å². The third-order valence-electron chi connectivity index (χ3n) is 5.90. The smallest absolute Gasteiger partial charge is 0.428 e. The quantitative estimate of drug-likeness (QED) is 0.138. The van der Waals surface area contributed by atoms with Crippen molar-refractivity contribution in [3.63, 3.8) is 0 Å². The van der Waals surface area contributed by atoms with Gasteiger partial charge in [-0.3, -0.25) is 4.98 Å². The number of ether oxygens (including phenoxy) is 1. The molecule has 14 heteroatoms. The van der Waals surface area contributed by atoms with Crippen molar-refractivity contribution in [2.45, 2.75) is 24.5 Å². The van der Waals surface area contributed by atoms with Gasteiger partial charge < -0.3 is 15.4 Å². The number of urea groups is 1. The Labute approximate surface area is 247 Å². The minimum Gasteiger partial charge on any atom is -0.428 e. The second-order valence-corrected chi connectivity index (χ2v) is 10.2. The van der Waals surface area contributed by atoms with Gasteiger partial charge in [-0.25, -0.2) is 22.4 Å². The number of nitrogens with one attached hydrogen (secondary N) is 2. The lowest BCUT2D eigenvalue weighted by Gasteiger charge is -2.36. The van der Waals surface area contributed by atoms with Crippen LogP contribution < -0.4 is 15.4 Å². The first kappa shape index (κ1) is 31.0. The van der Waals surface area contributed by atoms with Crippen LogP contribution in [0.15, 0.2) is 79.0 Å². The zero-order valence-electron chi connectivity index (χ0n) is 21.0. The predicted octanol–water partition coefficient (Wildman–Crippen LogP) is 7.79. The Hall–Kier alpha value is -3.95. The van der Waals surface area contributed by atoms with Gasteiger partial charge in [-0.2, -0.15) is 17.6 Å². The average Bonchev–Trinajstić information content (AvgIpc) is 2.90. The molecule has 1 atom stereocenters. The van der Waals surface area contributed by atoms with Gasteiger partial charge in [-0.15, -0.1) is 0 Å². The molecule has 2 N–H and O–H groups in total. The Bertz CT molecular complexity index is 1590. The summed E-state index contributed by atoms with van der Waals surface area (Å²) in [5, 5.41) is 4.94. The highest BCUT2D eigenvalue weighted by Crippen LogP contribution is 2.37. The van der Waals surface area contributed by atoms with E-state index in [9.17, 15) is 39.9 Å². The molecular weight excluding hydrogens is 689 g/mol. The summed E-state index contributed by atoms with van der Waals surface area (Å²) in [6.07, 6.45) is -8.40. The molecule has 0 unspecified atom stereocenters. The molecule has 4 aromatic rings. The number of amides is 2. The molecule has 1 aromatic heterocycles. The molecule has 0 aliphatic rings. The molecular formula is C28H18F8IN3O2. The molecule has 0 fully saturated rings. The first-order chi connectivity index (χ1) is 19.8. The number of benzene rings is 3. The molecule has 5 nitrogen and oxygen atoms in total. The first-order valence-electron chi connectivity index (χ1n) is 11.8. The molecule has 0 bridgehead atoms. The molecule has 42 heavy (non-hydrogen) atoms. The minimum atomic E-state index is -5.00. The van der Waals surface area contributed by atoms with E-state index in [-0.39, 0.29) is 22.5 Å². The molecule has 3 aromatic carbocycles. The Balaban J connectivity index is 1.92. The Morgan fingerprint density at radius 3 is 2.31 bits per heavy atom. The number of hydrogen-bond donors (Lipinski definition) is 2. The van der Waals surface area contributed by atoms with E-state index in [0.717, 1.165) is 42.5 Å². The van der Waals surface area contributed by atoms with Gasteiger partial charge in [0.15, 0.2) is 11.6 Å². The van der Waals surface area contributed by atoms with E-state index in [1.807, 2.05) is 22.6 Å². The molecule has 0 aliphatic heterocycles. The van der Waals surface area contributed by atoms with Crippen molar-refractivity contribution in [2.24, 2.45) is 0 Å². The van der Waals surface area contributed by atoms with Gasteiger partial charge in [0.2, 0.25) is 0 Å². The highest BCUT2D eigenvalue weighted by atomic mass is 127. The Kier molecular flexibility index (Phi) is 9.23. The van der Waals surface area contributed by atoms with Crippen LogP contribution in [0.5, 0.6) is 5.75 Å². The molecule has 2 amide bonds. The Morgan fingerprint density at radius 1 is 0.905 bits per heavy atom. The fourth-order valence-corrected chi connectivity index (χ4v) is 4.42. The number of halogens is 9. The largest absolute Gasteiger partial charge is 0.461 e. The maximum atomic E-state index is 14.9. The molecule has 1 heterocycles. The first-order valence-corrected chi connectivity index (χ1v) is 12.9. The van der Waals surface area contributed by atoms with E-state index >= 15 is 0 Å². The van der Waals surface area contributed by atoms with Gasteiger partial charge in [-0.05, 0) is 88.3 Å². The van der Waals surface area contributed by atoms with Crippen LogP contribution in [-0.2, 0) is 12.0 Å². The van der Waals surface area contributed by atoms with E-state index in [4.69, 9.17) is 0 Å². The summed E-state index contributed by atoms with van der Waals surface area (Å²) >= 11 is 1.92. The lowest BCUT2D eigenvalue weighted by Crippen LogP contribution is -2.50. The van der Waals surface area contributed by atoms with Crippen LogP contribution in [-0.4, -0.2) is 23.5 Å². The molecule has 220 valence electrons. The van der Waals surface area contributed by atoms with Crippen LogP contribution in [0.4, 0.5) is 45.6 Å². The monoisotopic (exact) mass is 707 g/mol. The van der Waals surface area contributed by atoms with Crippen LogP contribution in [0.3, 0.4) is 0 Å². The van der Waals surface area contributed by atoms with E-state index in [1.165, 1.54) is 30.5 Å². The maximum Gasteiger partial charge on any atom is 0.461 e. The lowest BCUT2D eigenvalue weighted by atomic mass is 9.80. The summed E-state index contributed by atoms with van der Waals surface area (Å²) in [5.74, 6) is -5.39. The third kappa shape index (κ3) is 7.27. The van der Waals surface area contributed by atoms with Gasteiger partial charge in [0.05, 0.1) is 5.69 Å². The number of nitrogens with zero attached hydrogens (tertiary/aromatic N) is 1. The van der Waals surface area contributed by atoms with E-state index in [0.29, 0.717) is 9.64 Å². The third-order valence-corrected chi connectivity index (χ3v) is 6.54. The minimum absolute atomic E-state index is 0.00960. The number of aromatic nitrogens is 1. The molecule has 4 rings (SSSR count). The van der Waals surface area contributed by atoms with Crippen LogP contribution in [0, 0.1) is 26.8 Å². The number of pyridine rings is 1. The topological polar surface area (TPSA) is 63.2 Å². The van der Waals surface area contributed by atoms with Crippen LogP contribution in [0.25, 0.3) is 0 Å². The average molecular weight is 707 g/mol. The SMILES string of the molecule is O=C(Nc1cccc(F)c1)N[C@](Cc1ccc(F)c(F)c1)(c1cc(F)cc(OC(F)(F)C(F)F)c1)c1ccc(I)cn1. The Morgan fingerprint density at radius 2 is 1.67 bits per heavy atom. The van der Waals surface area contributed by atoms with E-state index in [2.05, 4.69) is 20.4 Å². The predicted molar refractivity (Wildman–Crippen MR) is 144 cm³/mol. The number of rotatable bonds is 9. The van der Waals surface area contributed by atoms with Crippen LogP contribution in [0.1, 0.15) is 16.8 Å². The molecule has 0 saturated heterocycles. The maximum absolute atomic E-state index is 14.9. The number of carbonyl (C=O) groups excluding carboxylic acids is 1. The van der Waals surface area contributed by atoms with Crippen LogP contribution in [0.2, 0.25) is 0 Å². The molecule has 0 radical (unpaired) electrons. The number of alkyl halides is 4. The second-order valence-electron chi connectivity index (χ2n) is 8.92. The molecule has 0 saturated carbocycles. The normalized spacial score (nSPS) is 13.0. The summed E-state index contributed by atoms with van der Waals surface area (Å²) in [6.45, 7) is 0. The number of anilines is 1. The summed E-state index contributed by atoms with van der Waals surface area (Å²) in [4.78, 5) is 17.6. The second kappa shape index (κ2) is 12.5. The molecule has 0 spiro atoms. The van der Waals surface area contributed by atoms with E-state index < -0.39 is 59.5 Å². The van der Waals surface area contributed by atoms with Gasteiger partial charge in [0, 0.05) is 27.9 Å². The summed E-state index contributed by atoms with van der Waals surface area (Å²) in [5.41, 5.74) is -2.41. The summed E-state index contributed by atoms with van der Waals surface area (Å²) in [7, 11) is 0. The standard InChI is InChI=1S/C28H18F8IN3O2/c29-17-2-1-3-20(11-17)39-26(41)40-27(24-7-5-19(37)14-38-24,13-15-4-6-22(31)23(32)8-15)16-9-18(30)12-21(10-16)42-28(35,36)25(33)34/h1-12,14,25H,13H2,(H2,39,40,41)/t27-/m1/s1. The van der Waals surface area contributed by atoms with Crippen molar-refractivity contribution in [1.29, 1.82) is 0 Å². The fourth-order valence-electron chi connectivity index (χ4n) is 4.10. The van der Waals surface area contributed by atoms with Crippen molar-refractivity contribution in [1.82, 2.24) is 10.3 Å².